The van der Waals surface area contributed by atoms with Crippen LogP contribution in [-0.2, 0) is 42.2 Å². The molecule has 0 amide bonds. The summed E-state index contributed by atoms with van der Waals surface area (Å²) in [4.78, 5) is 48.8. The number of phosphoric ester groups is 1. The van der Waals surface area contributed by atoms with Gasteiger partial charge in [0.05, 0.1) is 19.8 Å². The van der Waals surface area contributed by atoms with Crippen molar-refractivity contribution in [1.29, 1.82) is 0 Å². The van der Waals surface area contributed by atoms with E-state index in [0.29, 0.717) is 25.7 Å². The number of rotatable bonds is 59. The van der Waals surface area contributed by atoms with E-state index in [-0.39, 0.29) is 25.9 Å². The average molecular weight is 1170 g/mol. The Morgan fingerprint density at radius 2 is 0.646 bits per heavy atom. The third kappa shape index (κ3) is 60.5. The van der Waals surface area contributed by atoms with Crippen LogP contribution < -0.4 is 0 Å². The number of unbranched alkanes of at least 4 members (excludes halogenated alkanes) is 22. The largest absolute Gasteiger partial charge is 0.472 e. The fourth-order valence-electron chi connectivity index (χ4n) is 8.43. The zero-order valence-corrected chi connectivity index (χ0v) is 52.8. The molecule has 0 aromatic heterocycles. The van der Waals surface area contributed by atoms with Gasteiger partial charge >= 0.3 is 25.7 Å². The Labute approximate surface area is 500 Å². The van der Waals surface area contributed by atoms with Crippen LogP contribution in [0, 0.1) is 0 Å². The second-order valence-electron chi connectivity index (χ2n) is 21.2. The van der Waals surface area contributed by atoms with Gasteiger partial charge in [0.1, 0.15) is 12.7 Å². The monoisotopic (exact) mass is 1160 g/mol. The summed E-state index contributed by atoms with van der Waals surface area (Å²) in [5, 5.41) is 9.85. The smallest absolute Gasteiger partial charge is 0.462 e. The standard InChI is InChI=1S/C70H117O11P/c1-4-7-10-13-16-19-22-25-28-31-33-36-38-41-44-47-50-53-56-59-68(72)77-63-67(81-70(74)61-58-55-52-49-46-43-40-37-34-32-29-26-23-20-17-14-11-8-5-2)65-79-82(75,76)78-64-66(62-71)80-69(73)60-57-54-51-48-45-42-39-35-30-27-24-21-18-15-12-9-6-3/h9,12,16-21,25-30,34,37,39,42,48,51,66-67,71H,4-8,10-11,13-15,22-24,31-33,35-36,38,40-41,43-47,49-50,52-65H2,1-3H3,(H,75,76)/b12-9-,19-16-,20-17-,21-18-,28-25-,29-26-,30-27-,37-34-,42-39-,51-48-. The highest BCUT2D eigenvalue weighted by molar-refractivity contribution is 7.47. The van der Waals surface area contributed by atoms with Gasteiger partial charge in [-0.15, -0.1) is 0 Å². The first-order valence-electron chi connectivity index (χ1n) is 32.4. The first kappa shape index (κ1) is 77.9. The van der Waals surface area contributed by atoms with Crippen LogP contribution in [0.25, 0.3) is 0 Å². The van der Waals surface area contributed by atoms with E-state index in [9.17, 15) is 28.9 Å². The van der Waals surface area contributed by atoms with Crippen LogP contribution in [0.3, 0.4) is 0 Å². The Hall–Kier alpha value is -4.12. The molecule has 0 aliphatic carbocycles. The molecule has 3 unspecified atom stereocenters. The number of allylic oxidation sites excluding steroid dienone is 20. The number of phosphoric acid groups is 1. The predicted octanol–water partition coefficient (Wildman–Crippen LogP) is 19.9. The first-order chi connectivity index (χ1) is 40.2. The number of ether oxygens (including phenoxy) is 3. The number of hydrogen-bond donors (Lipinski definition) is 2. The lowest BCUT2D eigenvalue weighted by Gasteiger charge is -2.21. The van der Waals surface area contributed by atoms with Gasteiger partial charge in [0.25, 0.3) is 0 Å². The molecule has 0 saturated heterocycles. The van der Waals surface area contributed by atoms with E-state index in [1.165, 1.54) is 83.5 Å². The molecule has 2 N–H and O–H groups in total. The summed E-state index contributed by atoms with van der Waals surface area (Å²) in [6, 6.07) is 0. The zero-order chi connectivity index (χ0) is 59.8. The predicted molar refractivity (Wildman–Crippen MR) is 343 cm³/mol. The highest BCUT2D eigenvalue weighted by Gasteiger charge is 2.28. The van der Waals surface area contributed by atoms with Gasteiger partial charge in [-0.25, -0.2) is 4.57 Å². The Balaban J connectivity index is 4.80. The Bertz CT molecular complexity index is 1840. The Morgan fingerprint density at radius 3 is 1.02 bits per heavy atom. The molecule has 0 saturated carbocycles. The highest BCUT2D eigenvalue weighted by atomic mass is 31.2. The van der Waals surface area contributed by atoms with Crippen molar-refractivity contribution in [2.24, 2.45) is 0 Å². The summed E-state index contributed by atoms with van der Waals surface area (Å²) in [6.45, 7) is 4.41. The minimum Gasteiger partial charge on any atom is -0.462 e. The maximum atomic E-state index is 13.0. The molecule has 468 valence electrons. The third-order valence-electron chi connectivity index (χ3n) is 13.3. The molecule has 82 heavy (non-hydrogen) atoms. The minimum absolute atomic E-state index is 0.0922. The quantitative estimate of drug-likeness (QED) is 0.0197. The van der Waals surface area contributed by atoms with Crippen LogP contribution >= 0.6 is 7.82 Å². The molecular weight excluding hydrogens is 1050 g/mol. The van der Waals surface area contributed by atoms with Crippen molar-refractivity contribution in [3.63, 3.8) is 0 Å². The minimum atomic E-state index is -4.78. The van der Waals surface area contributed by atoms with Crippen molar-refractivity contribution in [3.05, 3.63) is 122 Å². The van der Waals surface area contributed by atoms with E-state index < -0.39 is 57.8 Å². The molecule has 0 heterocycles. The zero-order valence-electron chi connectivity index (χ0n) is 51.9. The molecule has 0 aliphatic rings. The van der Waals surface area contributed by atoms with E-state index in [2.05, 4.69) is 130 Å². The number of carbonyl (C=O) groups is 3. The van der Waals surface area contributed by atoms with E-state index in [4.69, 9.17) is 23.3 Å². The fourth-order valence-corrected chi connectivity index (χ4v) is 9.21. The van der Waals surface area contributed by atoms with Crippen LogP contribution in [0.4, 0.5) is 0 Å². The second kappa shape index (κ2) is 62.9. The lowest BCUT2D eigenvalue weighted by molar-refractivity contribution is -0.161. The lowest BCUT2D eigenvalue weighted by atomic mass is 10.1. The van der Waals surface area contributed by atoms with Gasteiger partial charge < -0.3 is 24.2 Å². The van der Waals surface area contributed by atoms with Gasteiger partial charge in [-0.1, -0.05) is 239 Å². The van der Waals surface area contributed by atoms with Crippen molar-refractivity contribution < 1.29 is 52.2 Å². The van der Waals surface area contributed by atoms with E-state index in [1.54, 1.807) is 0 Å². The van der Waals surface area contributed by atoms with Crippen molar-refractivity contribution in [1.82, 2.24) is 0 Å². The highest BCUT2D eigenvalue weighted by Crippen LogP contribution is 2.43. The summed E-state index contributed by atoms with van der Waals surface area (Å²) in [7, 11) is -4.78. The summed E-state index contributed by atoms with van der Waals surface area (Å²) in [6.07, 6.45) is 78.6. The van der Waals surface area contributed by atoms with Gasteiger partial charge in [0.2, 0.25) is 0 Å². The molecule has 11 nitrogen and oxygen atoms in total. The topological polar surface area (TPSA) is 155 Å². The van der Waals surface area contributed by atoms with Crippen molar-refractivity contribution in [3.8, 4) is 0 Å². The molecular formula is C70H117O11P. The molecule has 0 radical (unpaired) electrons. The number of aliphatic hydroxyl groups is 1. The average Bonchev–Trinajstić information content (AvgIpc) is 3.49. The van der Waals surface area contributed by atoms with Crippen LogP contribution in [0.5, 0.6) is 0 Å². The molecule has 3 atom stereocenters. The van der Waals surface area contributed by atoms with Crippen molar-refractivity contribution >= 4 is 25.7 Å². The maximum Gasteiger partial charge on any atom is 0.472 e. The Kier molecular flexibility index (Phi) is 59.8. The van der Waals surface area contributed by atoms with E-state index in [0.717, 1.165) is 116 Å². The fraction of sp³-hybridized carbons (Fsp3) is 0.671. The third-order valence-corrected chi connectivity index (χ3v) is 14.3. The molecule has 0 spiro atoms. The molecule has 0 aromatic carbocycles. The summed E-state index contributed by atoms with van der Waals surface area (Å²) >= 11 is 0. The lowest BCUT2D eigenvalue weighted by Crippen LogP contribution is -2.30. The molecule has 0 rings (SSSR count). The van der Waals surface area contributed by atoms with Crippen molar-refractivity contribution in [2.75, 3.05) is 26.4 Å². The number of hydrogen-bond acceptors (Lipinski definition) is 10. The van der Waals surface area contributed by atoms with Crippen LogP contribution in [0.2, 0.25) is 0 Å². The van der Waals surface area contributed by atoms with E-state index >= 15 is 0 Å². The molecule has 12 heteroatoms. The van der Waals surface area contributed by atoms with Crippen LogP contribution in [0.15, 0.2) is 122 Å². The molecule has 0 aromatic rings. The van der Waals surface area contributed by atoms with Gasteiger partial charge in [-0.05, 0) is 128 Å². The van der Waals surface area contributed by atoms with Gasteiger partial charge in [0.15, 0.2) is 6.10 Å². The van der Waals surface area contributed by atoms with Gasteiger partial charge in [-0.2, -0.15) is 0 Å². The summed E-state index contributed by atoms with van der Waals surface area (Å²) in [5.74, 6) is -1.55. The van der Waals surface area contributed by atoms with Crippen molar-refractivity contribution in [2.45, 2.75) is 277 Å². The normalized spacial score (nSPS) is 14.1. The number of carbonyl (C=O) groups excluding carboxylic acids is 3. The van der Waals surface area contributed by atoms with Gasteiger partial charge in [-0.3, -0.25) is 23.4 Å². The summed E-state index contributed by atoms with van der Waals surface area (Å²) in [5.41, 5.74) is 0. The van der Waals surface area contributed by atoms with Crippen LogP contribution in [-0.4, -0.2) is 66.5 Å². The molecule has 0 bridgehead atoms. The summed E-state index contributed by atoms with van der Waals surface area (Å²) < 4.78 is 39.6. The molecule has 0 aliphatic heterocycles. The van der Waals surface area contributed by atoms with Gasteiger partial charge in [0, 0.05) is 19.3 Å². The van der Waals surface area contributed by atoms with E-state index in [1.807, 2.05) is 12.2 Å². The number of esters is 3. The number of aliphatic hydroxyl groups excluding tert-OH is 1. The van der Waals surface area contributed by atoms with Crippen LogP contribution in [0.1, 0.15) is 265 Å². The SMILES string of the molecule is CC/C=C\C/C=C\C/C=C\C/C=C\C/C=C\CCCC(=O)OC(CO)COP(=O)(O)OCC(COC(=O)CCCCCCCCCCC/C=C\C/C=C\CCCCC)OC(=O)CCCCCCCC/C=C\C/C=C\C/C=C\CCCCC. The Morgan fingerprint density at radius 1 is 0.354 bits per heavy atom. The maximum absolute atomic E-state index is 13.0. The second-order valence-corrected chi connectivity index (χ2v) is 22.6. The first-order valence-corrected chi connectivity index (χ1v) is 33.9. The molecule has 0 fully saturated rings.